The van der Waals surface area contributed by atoms with E-state index in [4.69, 9.17) is 0 Å². The summed E-state index contributed by atoms with van der Waals surface area (Å²) in [6.07, 6.45) is 5.80. The summed E-state index contributed by atoms with van der Waals surface area (Å²) < 4.78 is 0. The summed E-state index contributed by atoms with van der Waals surface area (Å²) in [6.45, 7) is 11.1. The number of aliphatic imine (C=N–C) groups is 1. The van der Waals surface area contributed by atoms with Crippen molar-refractivity contribution in [1.82, 2.24) is 20.1 Å². The summed E-state index contributed by atoms with van der Waals surface area (Å²) in [5.41, 5.74) is 0. The van der Waals surface area contributed by atoms with Crippen LogP contribution in [0.25, 0.3) is 0 Å². The number of aromatic nitrogens is 1. The lowest BCUT2D eigenvalue weighted by atomic mass is 10.0. The van der Waals surface area contributed by atoms with Crippen molar-refractivity contribution >= 4 is 11.8 Å². The second-order valence-corrected chi connectivity index (χ2v) is 7.54. The number of pyridine rings is 1. The molecule has 0 saturated carbocycles. The van der Waals surface area contributed by atoms with Crippen LogP contribution in [-0.2, 0) is 0 Å². The van der Waals surface area contributed by atoms with Gasteiger partial charge < -0.3 is 20.0 Å². The molecular weight excluding hydrogens is 324 g/mol. The van der Waals surface area contributed by atoms with Crippen LogP contribution in [0.3, 0.4) is 0 Å². The molecule has 1 unspecified atom stereocenters. The van der Waals surface area contributed by atoms with Crippen molar-refractivity contribution in [2.75, 3.05) is 64.3 Å². The molecule has 0 spiro atoms. The third-order valence-electron chi connectivity index (χ3n) is 5.44. The molecule has 2 saturated heterocycles. The zero-order valence-electron chi connectivity index (χ0n) is 16.4. The van der Waals surface area contributed by atoms with Gasteiger partial charge in [-0.3, -0.25) is 4.99 Å². The van der Waals surface area contributed by atoms with E-state index >= 15 is 0 Å². The lowest BCUT2D eigenvalue weighted by Crippen LogP contribution is -2.53. The maximum atomic E-state index is 4.49. The fourth-order valence-corrected chi connectivity index (χ4v) is 4.01. The van der Waals surface area contributed by atoms with E-state index in [1.807, 2.05) is 19.3 Å². The van der Waals surface area contributed by atoms with Crippen molar-refractivity contribution in [2.24, 2.45) is 10.9 Å². The minimum Gasteiger partial charge on any atom is -0.356 e. The van der Waals surface area contributed by atoms with Crippen LogP contribution in [0, 0.1) is 5.92 Å². The number of anilines is 1. The standard InChI is InChI=1S/C20H34N6/c1-18-7-5-11-24(17-18)12-6-10-23-20(21-2)26-15-13-25(14-16-26)19-8-3-4-9-22-19/h3-4,8-9,18H,5-7,10-17H2,1-2H3,(H,21,23). The SMILES string of the molecule is CN=C(NCCCN1CCCC(C)C1)N1CCN(c2ccccn2)CC1. The van der Waals surface area contributed by atoms with Gasteiger partial charge in [-0.25, -0.2) is 4.98 Å². The van der Waals surface area contributed by atoms with E-state index in [-0.39, 0.29) is 0 Å². The quantitative estimate of drug-likeness (QED) is 0.495. The van der Waals surface area contributed by atoms with E-state index in [2.05, 4.69) is 49.0 Å². The van der Waals surface area contributed by atoms with Gasteiger partial charge >= 0.3 is 0 Å². The molecule has 0 bridgehead atoms. The Labute approximate surface area is 158 Å². The Morgan fingerprint density at radius 3 is 2.77 bits per heavy atom. The molecule has 0 aromatic carbocycles. The normalized spacial score (nSPS) is 22.5. The number of likely N-dealkylation sites (tertiary alicyclic amines) is 1. The smallest absolute Gasteiger partial charge is 0.193 e. The maximum Gasteiger partial charge on any atom is 0.193 e. The highest BCUT2D eigenvalue weighted by molar-refractivity contribution is 5.80. The Bertz CT molecular complexity index is 553. The second-order valence-electron chi connectivity index (χ2n) is 7.54. The van der Waals surface area contributed by atoms with Crippen LogP contribution in [0.15, 0.2) is 29.4 Å². The first-order valence-electron chi connectivity index (χ1n) is 10.1. The number of guanidine groups is 1. The number of hydrogen-bond donors (Lipinski definition) is 1. The monoisotopic (exact) mass is 358 g/mol. The molecule has 144 valence electrons. The average Bonchev–Trinajstić information content (AvgIpc) is 2.69. The first-order valence-corrected chi connectivity index (χ1v) is 10.1. The van der Waals surface area contributed by atoms with Crippen molar-refractivity contribution in [2.45, 2.75) is 26.2 Å². The molecule has 1 aromatic rings. The Morgan fingerprint density at radius 1 is 1.23 bits per heavy atom. The Balaban J connectivity index is 1.37. The maximum absolute atomic E-state index is 4.49. The zero-order chi connectivity index (χ0) is 18.2. The Hall–Kier alpha value is -1.82. The molecule has 2 aliphatic rings. The van der Waals surface area contributed by atoms with Crippen LogP contribution in [0.1, 0.15) is 26.2 Å². The lowest BCUT2D eigenvalue weighted by molar-refractivity contribution is 0.182. The van der Waals surface area contributed by atoms with Crippen LogP contribution in [-0.4, -0.2) is 80.1 Å². The molecule has 6 heteroatoms. The Kier molecular flexibility index (Phi) is 7.12. The lowest BCUT2D eigenvalue weighted by Gasteiger charge is -2.37. The molecule has 1 aromatic heterocycles. The van der Waals surface area contributed by atoms with Crippen molar-refractivity contribution in [3.8, 4) is 0 Å². The van der Waals surface area contributed by atoms with Crippen molar-refractivity contribution < 1.29 is 0 Å². The highest BCUT2D eigenvalue weighted by Gasteiger charge is 2.20. The van der Waals surface area contributed by atoms with Gasteiger partial charge in [0.2, 0.25) is 0 Å². The van der Waals surface area contributed by atoms with Crippen molar-refractivity contribution in [3.05, 3.63) is 24.4 Å². The van der Waals surface area contributed by atoms with Gasteiger partial charge in [-0.05, 0) is 50.4 Å². The molecule has 2 aliphatic heterocycles. The van der Waals surface area contributed by atoms with Crippen LogP contribution < -0.4 is 10.2 Å². The summed E-state index contributed by atoms with van der Waals surface area (Å²) >= 11 is 0. The molecule has 3 heterocycles. The topological polar surface area (TPSA) is 47.0 Å². The highest BCUT2D eigenvalue weighted by Crippen LogP contribution is 2.15. The van der Waals surface area contributed by atoms with Crippen LogP contribution >= 0.6 is 0 Å². The first kappa shape index (κ1) is 19.0. The van der Waals surface area contributed by atoms with E-state index in [0.29, 0.717) is 0 Å². The molecule has 0 amide bonds. The van der Waals surface area contributed by atoms with Gasteiger partial charge in [-0.15, -0.1) is 0 Å². The van der Waals surface area contributed by atoms with Gasteiger partial charge in [0.15, 0.2) is 5.96 Å². The van der Waals surface area contributed by atoms with Crippen molar-refractivity contribution in [3.63, 3.8) is 0 Å². The van der Waals surface area contributed by atoms with Gasteiger partial charge in [0.25, 0.3) is 0 Å². The van der Waals surface area contributed by atoms with E-state index < -0.39 is 0 Å². The number of piperidine rings is 1. The van der Waals surface area contributed by atoms with Gasteiger partial charge in [-0.1, -0.05) is 13.0 Å². The fourth-order valence-electron chi connectivity index (χ4n) is 4.01. The molecule has 6 nitrogen and oxygen atoms in total. The molecule has 1 atom stereocenters. The fraction of sp³-hybridized carbons (Fsp3) is 0.700. The summed E-state index contributed by atoms with van der Waals surface area (Å²) in [4.78, 5) is 16.3. The molecule has 2 fully saturated rings. The number of hydrogen-bond acceptors (Lipinski definition) is 4. The summed E-state index contributed by atoms with van der Waals surface area (Å²) in [5.74, 6) is 2.98. The molecule has 0 aliphatic carbocycles. The minimum absolute atomic E-state index is 0.861. The third-order valence-corrected chi connectivity index (χ3v) is 5.44. The molecule has 1 N–H and O–H groups in total. The van der Waals surface area contributed by atoms with E-state index in [1.165, 1.54) is 38.9 Å². The van der Waals surface area contributed by atoms with Crippen LogP contribution in [0.5, 0.6) is 0 Å². The largest absolute Gasteiger partial charge is 0.356 e. The Morgan fingerprint density at radius 2 is 2.08 bits per heavy atom. The summed E-state index contributed by atoms with van der Waals surface area (Å²) in [5, 5.41) is 3.56. The van der Waals surface area contributed by atoms with Gasteiger partial charge in [0.05, 0.1) is 0 Å². The highest BCUT2D eigenvalue weighted by atomic mass is 15.4. The number of piperazine rings is 1. The molecule has 0 radical (unpaired) electrons. The number of nitrogens with one attached hydrogen (secondary N) is 1. The average molecular weight is 359 g/mol. The summed E-state index contributed by atoms with van der Waals surface area (Å²) in [6, 6.07) is 6.11. The van der Waals surface area contributed by atoms with Crippen LogP contribution in [0.4, 0.5) is 5.82 Å². The van der Waals surface area contributed by atoms with Crippen molar-refractivity contribution in [1.29, 1.82) is 0 Å². The summed E-state index contributed by atoms with van der Waals surface area (Å²) in [7, 11) is 1.89. The van der Waals surface area contributed by atoms with E-state index in [9.17, 15) is 0 Å². The molecule has 3 rings (SSSR count). The molecule has 26 heavy (non-hydrogen) atoms. The predicted molar refractivity (Wildman–Crippen MR) is 109 cm³/mol. The van der Waals surface area contributed by atoms with Crippen LogP contribution in [0.2, 0.25) is 0 Å². The second kappa shape index (κ2) is 9.76. The zero-order valence-corrected chi connectivity index (χ0v) is 16.4. The molecular formula is C20H34N6. The number of rotatable bonds is 5. The van der Waals surface area contributed by atoms with Gasteiger partial charge in [0, 0.05) is 52.5 Å². The minimum atomic E-state index is 0.861. The third kappa shape index (κ3) is 5.34. The van der Waals surface area contributed by atoms with Gasteiger partial charge in [0.1, 0.15) is 5.82 Å². The van der Waals surface area contributed by atoms with E-state index in [1.54, 1.807) is 0 Å². The number of nitrogens with zero attached hydrogens (tertiary/aromatic N) is 5. The van der Waals surface area contributed by atoms with E-state index in [0.717, 1.165) is 50.4 Å². The first-order chi connectivity index (χ1) is 12.8. The predicted octanol–water partition coefficient (Wildman–Crippen LogP) is 1.90. The van der Waals surface area contributed by atoms with Gasteiger partial charge in [-0.2, -0.15) is 0 Å².